The molecule has 7 rings (SSSR count). The average molecular weight is 680 g/mol. The fourth-order valence-electron chi connectivity index (χ4n) is 5.79. The molecule has 5 aromatic rings. The summed E-state index contributed by atoms with van der Waals surface area (Å²) < 4.78 is 18.0. The normalized spacial score (nSPS) is 17.0. The lowest BCUT2D eigenvalue weighted by Gasteiger charge is -2.23. The fraction of sp³-hybridized carbons (Fsp3) is 0.243. The number of carbonyl (C=O) groups is 2. The van der Waals surface area contributed by atoms with Gasteiger partial charge >= 0.3 is 5.91 Å². The SMILES string of the molecule is CC(C)CCOc1cccc(C2/C(=C(\O)c3ccc4c(c3)OCCO4)C(=O)C(=O)N2c2nnc(SCc3cccc4ccccc34)s2)c1. The molecule has 0 aliphatic carbocycles. The number of aliphatic hydroxyl groups is 1. The molecule has 9 nitrogen and oxygen atoms in total. The second-order valence-corrected chi connectivity index (χ2v) is 14.1. The number of ether oxygens (including phenoxy) is 3. The van der Waals surface area contributed by atoms with Crippen molar-refractivity contribution < 1.29 is 28.9 Å². The van der Waals surface area contributed by atoms with Crippen LogP contribution in [0.2, 0.25) is 0 Å². The molecular weight excluding hydrogens is 647 g/mol. The van der Waals surface area contributed by atoms with E-state index in [9.17, 15) is 14.7 Å². The lowest BCUT2D eigenvalue weighted by Crippen LogP contribution is -2.29. The maximum absolute atomic E-state index is 13.8. The minimum atomic E-state index is -0.976. The maximum atomic E-state index is 13.8. The molecule has 0 bridgehead atoms. The summed E-state index contributed by atoms with van der Waals surface area (Å²) in [5.74, 6) is 0.776. The van der Waals surface area contributed by atoms with Gasteiger partial charge in [0.15, 0.2) is 15.8 Å². The second-order valence-electron chi connectivity index (χ2n) is 11.9. The third kappa shape index (κ3) is 6.35. The van der Waals surface area contributed by atoms with Gasteiger partial charge in [0.1, 0.15) is 24.7 Å². The first-order valence-electron chi connectivity index (χ1n) is 15.7. The zero-order valence-corrected chi connectivity index (χ0v) is 28.1. The van der Waals surface area contributed by atoms with E-state index in [-0.39, 0.29) is 16.5 Å². The lowest BCUT2D eigenvalue weighted by molar-refractivity contribution is -0.132. The van der Waals surface area contributed by atoms with Crippen molar-refractivity contribution in [2.45, 2.75) is 36.4 Å². The van der Waals surface area contributed by atoms with Crippen LogP contribution < -0.4 is 19.1 Å². The molecule has 1 fully saturated rings. The number of amides is 1. The Morgan fingerprint density at radius 3 is 2.62 bits per heavy atom. The largest absolute Gasteiger partial charge is 0.507 e. The van der Waals surface area contributed by atoms with Gasteiger partial charge in [-0.1, -0.05) is 91.5 Å². The summed E-state index contributed by atoms with van der Waals surface area (Å²) in [6.45, 7) is 5.56. The van der Waals surface area contributed by atoms with Crippen molar-refractivity contribution in [2.75, 3.05) is 24.7 Å². The Labute approximate surface area is 286 Å². The number of ketones is 1. The van der Waals surface area contributed by atoms with Crippen molar-refractivity contribution in [3.05, 3.63) is 107 Å². The van der Waals surface area contributed by atoms with Gasteiger partial charge in [-0.3, -0.25) is 14.5 Å². The lowest BCUT2D eigenvalue weighted by atomic mass is 9.95. The molecule has 0 saturated carbocycles. The van der Waals surface area contributed by atoms with E-state index in [0.717, 1.165) is 22.8 Å². The maximum Gasteiger partial charge on any atom is 0.301 e. The minimum absolute atomic E-state index is 0.0591. The summed E-state index contributed by atoms with van der Waals surface area (Å²) in [6.07, 6.45) is 0.872. The fourth-order valence-corrected chi connectivity index (χ4v) is 7.67. The number of fused-ring (bicyclic) bond motifs is 2. The number of hydrogen-bond acceptors (Lipinski definition) is 10. The van der Waals surface area contributed by atoms with Gasteiger partial charge < -0.3 is 19.3 Å². The summed E-state index contributed by atoms with van der Waals surface area (Å²) in [7, 11) is 0. The molecule has 1 unspecified atom stereocenters. The van der Waals surface area contributed by atoms with Gasteiger partial charge in [-0.2, -0.15) is 0 Å². The molecule has 1 atom stereocenters. The zero-order valence-electron chi connectivity index (χ0n) is 26.4. The Kier molecular flexibility index (Phi) is 9.05. The number of rotatable bonds is 10. The van der Waals surface area contributed by atoms with Gasteiger partial charge in [-0.15, -0.1) is 10.2 Å². The first kappa shape index (κ1) is 31.7. The number of anilines is 1. The van der Waals surface area contributed by atoms with Crippen molar-refractivity contribution >= 4 is 56.5 Å². The second kappa shape index (κ2) is 13.7. The van der Waals surface area contributed by atoms with Crippen molar-refractivity contribution in [3.8, 4) is 17.2 Å². The van der Waals surface area contributed by atoms with E-state index in [1.165, 1.54) is 28.0 Å². The molecule has 2 aliphatic heterocycles. The molecular formula is C37H33N3O6S2. The third-order valence-corrected chi connectivity index (χ3v) is 10.3. The molecule has 1 aromatic heterocycles. The number of hydrogen-bond donors (Lipinski definition) is 1. The number of Topliss-reactive ketones (excluding diaryl/α,β-unsaturated/α-hetero) is 1. The van der Waals surface area contributed by atoms with Gasteiger partial charge in [0, 0.05) is 11.3 Å². The Balaban J connectivity index is 1.25. The first-order chi connectivity index (χ1) is 23.4. The Morgan fingerprint density at radius 1 is 0.979 bits per heavy atom. The van der Waals surface area contributed by atoms with Crippen LogP contribution in [0, 0.1) is 5.92 Å². The summed E-state index contributed by atoms with van der Waals surface area (Å²) >= 11 is 2.74. The number of nitrogens with zero attached hydrogens (tertiary/aromatic N) is 3. The van der Waals surface area contributed by atoms with Crippen LogP contribution in [0.5, 0.6) is 17.2 Å². The van der Waals surface area contributed by atoms with E-state index in [1.807, 2.05) is 36.4 Å². The van der Waals surface area contributed by atoms with Gasteiger partial charge in [0.25, 0.3) is 5.78 Å². The van der Waals surface area contributed by atoms with E-state index in [4.69, 9.17) is 14.2 Å². The Hall–Kier alpha value is -4.87. The van der Waals surface area contributed by atoms with Crippen molar-refractivity contribution in [1.29, 1.82) is 0 Å². The van der Waals surface area contributed by atoms with E-state index in [1.54, 1.807) is 24.3 Å². The average Bonchev–Trinajstić information content (AvgIpc) is 3.68. The van der Waals surface area contributed by atoms with Gasteiger partial charge in [0.05, 0.1) is 18.2 Å². The van der Waals surface area contributed by atoms with Gasteiger partial charge in [-0.25, -0.2) is 0 Å². The van der Waals surface area contributed by atoms with Crippen LogP contribution in [-0.2, 0) is 15.3 Å². The minimum Gasteiger partial charge on any atom is -0.507 e. The standard InChI is InChI=1S/C37H33N3O6S2/c1-22(2)15-16-44-27-11-6-9-24(19-27)32-31(33(41)25-13-14-29-30(20-25)46-18-17-45-29)34(42)35(43)40(32)36-38-39-37(48-36)47-21-26-10-5-8-23-7-3-4-12-28(23)26/h3-14,19-20,22,32,41H,15-18,21H2,1-2H3/b33-31+. The molecule has 1 N–H and O–H groups in total. The van der Waals surface area contributed by atoms with Crippen LogP contribution >= 0.6 is 23.1 Å². The van der Waals surface area contributed by atoms with Crippen LogP contribution in [0.25, 0.3) is 16.5 Å². The topological polar surface area (TPSA) is 111 Å². The number of carbonyl (C=O) groups excluding carboxylic acids is 2. The molecule has 1 saturated heterocycles. The molecule has 3 heterocycles. The van der Waals surface area contributed by atoms with Crippen LogP contribution in [-0.4, -0.2) is 46.8 Å². The smallest absolute Gasteiger partial charge is 0.301 e. The summed E-state index contributed by atoms with van der Waals surface area (Å²) in [6, 6.07) is 25.7. The van der Waals surface area contributed by atoms with Gasteiger partial charge in [-0.05, 0) is 64.6 Å². The highest BCUT2D eigenvalue weighted by atomic mass is 32.2. The van der Waals surface area contributed by atoms with E-state index in [2.05, 4.69) is 48.3 Å². The predicted molar refractivity (Wildman–Crippen MR) is 187 cm³/mol. The van der Waals surface area contributed by atoms with Crippen LogP contribution in [0.4, 0.5) is 5.13 Å². The number of benzene rings is 4. The van der Waals surface area contributed by atoms with E-state index >= 15 is 0 Å². The van der Waals surface area contributed by atoms with E-state index < -0.39 is 17.7 Å². The summed E-state index contributed by atoms with van der Waals surface area (Å²) in [5.41, 5.74) is 2.02. The Morgan fingerprint density at radius 2 is 1.77 bits per heavy atom. The molecule has 4 aromatic carbocycles. The highest BCUT2D eigenvalue weighted by Crippen LogP contribution is 2.45. The van der Waals surface area contributed by atoms with Crippen molar-refractivity contribution in [3.63, 3.8) is 0 Å². The molecule has 48 heavy (non-hydrogen) atoms. The molecule has 11 heteroatoms. The van der Waals surface area contributed by atoms with Crippen molar-refractivity contribution in [1.82, 2.24) is 10.2 Å². The molecule has 2 aliphatic rings. The number of aliphatic hydroxyl groups excluding tert-OH is 1. The zero-order chi connectivity index (χ0) is 33.2. The molecule has 0 radical (unpaired) electrons. The third-order valence-electron chi connectivity index (χ3n) is 8.23. The van der Waals surface area contributed by atoms with Crippen LogP contribution in [0.15, 0.2) is 94.8 Å². The van der Waals surface area contributed by atoms with Crippen LogP contribution in [0.1, 0.15) is 43.0 Å². The van der Waals surface area contributed by atoms with E-state index in [0.29, 0.717) is 64.2 Å². The molecule has 1 amide bonds. The number of thioether (sulfide) groups is 1. The number of aromatic nitrogens is 2. The van der Waals surface area contributed by atoms with Crippen molar-refractivity contribution in [2.24, 2.45) is 5.92 Å². The molecule has 0 spiro atoms. The molecule has 244 valence electrons. The predicted octanol–water partition coefficient (Wildman–Crippen LogP) is 7.81. The highest BCUT2D eigenvalue weighted by molar-refractivity contribution is 8.00. The summed E-state index contributed by atoms with van der Waals surface area (Å²) in [5, 5.41) is 23.0. The Bertz CT molecular complexity index is 2040. The first-order valence-corrected chi connectivity index (χ1v) is 17.5. The quantitative estimate of drug-likeness (QED) is 0.0520. The van der Waals surface area contributed by atoms with Crippen LogP contribution in [0.3, 0.4) is 0 Å². The highest BCUT2D eigenvalue weighted by Gasteiger charge is 2.48. The van der Waals surface area contributed by atoms with Gasteiger partial charge in [0.2, 0.25) is 5.13 Å². The summed E-state index contributed by atoms with van der Waals surface area (Å²) in [4.78, 5) is 29.0. The monoisotopic (exact) mass is 679 g/mol.